The molecular weight excluding hydrogens is 303 g/mol. The summed E-state index contributed by atoms with van der Waals surface area (Å²) in [6, 6.07) is 7.97. The zero-order chi connectivity index (χ0) is 17.9. The number of nitrogens with zero attached hydrogens (tertiary/aromatic N) is 1. The number of hydrogen-bond donors (Lipinski definition) is 1. The minimum atomic E-state index is -2.64. The number of benzene rings is 1. The fourth-order valence-corrected chi connectivity index (χ4v) is 3.67. The van der Waals surface area contributed by atoms with Gasteiger partial charge in [0.05, 0.1) is 0 Å². The van der Waals surface area contributed by atoms with Gasteiger partial charge in [-0.2, -0.15) is 5.26 Å². The van der Waals surface area contributed by atoms with Gasteiger partial charge in [0.1, 0.15) is 6.07 Å². The van der Waals surface area contributed by atoms with Gasteiger partial charge in [0.25, 0.3) is 11.6 Å². The van der Waals surface area contributed by atoms with Gasteiger partial charge >= 0.3 is 0 Å². The van der Waals surface area contributed by atoms with E-state index in [-0.39, 0.29) is 11.6 Å². The summed E-state index contributed by atoms with van der Waals surface area (Å²) in [6.07, 6.45) is 3.00. The fourth-order valence-electron chi connectivity index (χ4n) is 3.67. The van der Waals surface area contributed by atoms with Crippen molar-refractivity contribution in [2.75, 3.05) is 0 Å². The van der Waals surface area contributed by atoms with Crippen LogP contribution in [0.25, 0.3) is 0 Å². The first-order valence-corrected chi connectivity index (χ1v) is 8.76. The van der Waals surface area contributed by atoms with Crippen molar-refractivity contribution in [3.63, 3.8) is 0 Å². The summed E-state index contributed by atoms with van der Waals surface area (Å²) >= 11 is 0. The lowest BCUT2D eigenvalue weighted by Gasteiger charge is -2.38. The average molecular weight is 330 g/mol. The lowest BCUT2D eigenvalue weighted by atomic mass is 9.74. The zero-order valence-electron chi connectivity index (χ0n) is 15.0. The van der Waals surface area contributed by atoms with Crippen LogP contribution in [0.5, 0.6) is 0 Å². The average Bonchev–Trinajstić information content (AvgIpc) is 2.54. The van der Waals surface area contributed by atoms with Crippen LogP contribution in [-0.2, 0) is 10.5 Å². The van der Waals surface area contributed by atoms with E-state index in [0.29, 0.717) is 17.8 Å². The molecule has 0 spiro atoms. The Labute approximate surface area is 144 Å². The van der Waals surface area contributed by atoms with Gasteiger partial charge in [-0.1, -0.05) is 57.0 Å². The number of alkyl halides is 1. The van der Waals surface area contributed by atoms with Crippen LogP contribution in [-0.4, -0.2) is 11.9 Å². The predicted molar refractivity (Wildman–Crippen MR) is 92.9 cm³/mol. The van der Waals surface area contributed by atoms with Crippen LogP contribution in [0.2, 0.25) is 0 Å². The van der Waals surface area contributed by atoms with Crippen LogP contribution in [0.3, 0.4) is 0 Å². The first-order valence-electron chi connectivity index (χ1n) is 8.76. The molecule has 1 fully saturated rings. The number of nitrogens with one attached hydrogen (secondary N) is 1. The van der Waals surface area contributed by atoms with Crippen LogP contribution in [0.15, 0.2) is 24.3 Å². The molecule has 24 heavy (non-hydrogen) atoms. The van der Waals surface area contributed by atoms with E-state index < -0.39 is 11.6 Å². The lowest BCUT2D eigenvalue weighted by molar-refractivity contribution is -0.131. The largest absolute Gasteiger partial charge is 0.349 e. The number of rotatable bonds is 4. The van der Waals surface area contributed by atoms with Gasteiger partial charge < -0.3 is 5.32 Å². The molecule has 2 rings (SSSR count). The molecule has 4 heteroatoms. The van der Waals surface area contributed by atoms with Crippen molar-refractivity contribution < 1.29 is 9.18 Å². The van der Waals surface area contributed by atoms with Gasteiger partial charge in [0.2, 0.25) is 0 Å². The van der Waals surface area contributed by atoms with Crippen LogP contribution in [0.1, 0.15) is 51.2 Å². The van der Waals surface area contributed by atoms with E-state index >= 15 is 4.39 Å². The third-order valence-electron chi connectivity index (χ3n) is 5.26. The Bertz CT molecular complexity index is 620. The molecule has 0 unspecified atom stereocenters. The highest BCUT2D eigenvalue weighted by molar-refractivity contribution is 5.89. The summed E-state index contributed by atoms with van der Waals surface area (Å²) < 4.78 is 15.2. The quantitative estimate of drug-likeness (QED) is 0.897. The summed E-state index contributed by atoms with van der Waals surface area (Å²) in [7, 11) is 0. The van der Waals surface area contributed by atoms with Gasteiger partial charge in [0.15, 0.2) is 0 Å². The number of carbonyl (C=O) groups is 1. The fraction of sp³-hybridized carbons (Fsp3) is 0.600. The van der Waals surface area contributed by atoms with E-state index in [2.05, 4.69) is 26.1 Å². The van der Waals surface area contributed by atoms with Gasteiger partial charge in [-0.15, -0.1) is 0 Å². The Morgan fingerprint density at radius 1 is 1.33 bits per heavy atom. The number of nitriles is 1. The molecule has 1 aliphatic rings. The molecule has 1 aliphatic carbocycles. The third-order valence-corrected chi connectivity index (χ3v) is 5.26. The van der Waals surface area contributed by atoms with Crippen LogP contribution in [0.4, 0.5) is 4.39 Å². The van der Waals surface area contributed by atoms with Crippen LogP contribution in [0, 0.1) is 36.0 Å². The second-order valence-electron chi connectivity index (χ2n) is 7.54. The van der Waals surface area contributed by atoms with Gasteiger partial charge in [-0.3, -0.25) is 4.79 Å². The second-order valence-corrected chi connectivity index (χ2v) is 7.54. The van der Waals surface area contributed by atoms with E-state index in [1.807, 2.05) is 6.92 Å². The Balaban J connectivity index is 2.21. The molecule has 0 heterocycles. The van der Waals surface area contributed by atoms with Gasteiger partial charge in [-0.25, -0.2) is 4.39 Å². The minimum absolute atomic E-state index is 0.0739. The smallest absolute Gasteiger partial charge is 0.298 e. The van der Waals surface area contributed by atoms with Crippen molar-refractivity contribution >= 4 is 5.91 Å². The second kappa shape index (κ2) is 7.34. The highest BCUT2D eigenvalue weighted by Gasteiger charge is 2.43. The monoisotopic (exact) mass is 330 g/mol. The molecule has 3 nitrogen and oxygen atoms in total. The van der Waals surface area contributed by atoms with Crippen LogP contribution < -0.4 is 5.32 Å². The Morgan fingerprint density at radius 3 is 2.50 bits per heavy atom. The van der Waals surface area contributed by atoms with Gasteiger partial charge in [-0.05, 0) is 37.5 Å². The number of amides is 1. The molecule has 0 bridgehead atoms. The Kier molecular flexibility index (Phi) is 5.64. The highest BCUT2D eigenvalue weighted by Crippen LogP contribution is 2.35. The normalized spacial score (nSPS) is 26.5. The highest BCUT2D eigenvalue weighted by atomic mass is 19.1. The summed E-state index contributed by atoms with van der Waals surface area (Å²) in [4.78, 5) is 12.6. The minimum Gasteiger partial charge on any atom is -0.349 e. The van der Waals surface area contributed by atoms with E-state index in [1.165, 1.54) is 12.1 Å². The SMILES string of the molecule is Cc1ccc([C@](F)(C#N)C(=O)N[C@H]2C[C@@H](C)CC[C@@H]2C(C)C)cc1. The molecule has 0 saturated heterocycles. The summed E-state index contributed by atoms with van der Waals surface area (Å²) in [5.74, 6) is 0.406. The number of aryl methyl sites for hydroxylation is 1. The summed E-state index contributed by atoms with van der Waals surface area (Å²) in [6.45, 7) is 8.30. The Hall–Kier alpha value is -1.89. The van der Waals surface area contributed by atoms with Gasteiger partial charge in [0, 0.05) is 11.6 Å². The van der Waals surface area contributed by atoms with E-state index in [1.54, 1.807) is 18.2 Å². The molecule has 1 saturated carbocycles. The molecule has 1 aromatic rings. The van der Waals surface area contributed by atoms with Crippen molar-refractivity contribution in [2.24, 2.45) is 17.8 Å². The van der Waals surface area contributed by atoms with Crippen molar-refractivity contribution in [3.05, 3.63) is 35.4 Å². The maximum Gasteiger partial charge on any atom is 0.298 e. The number of carbonyl (C=O) groups excluding carboxylic acids is 1. The summed E-state index contributed by atoms with van der Waals surface area (Å²) in [5.41, 5.74) is -1.59. The summed E-state index contributed by atoms with van der Waals surface area (Å²) in [5, 5.41) is 12.2. The first kappa shape index (κ1) is 18.4. The molecule has 1 aromatic carbocycles. The Morgan fingerprint density at radius 2 is 1.96 bits per heavy atom. The first-order chi connectivity index (χ1) is 11.3. The third kappa shape index (κ3) is 3.77. The molecule has 1 amide bonds. The van der Waals surface area contributed by atoms with Crippen molar-refractivity contribution in [2.45, 2.75) is 58.7 Å². The van der Waals surface area contributed by atoms with E-state index in [0.717, 1.165) is 24.8 Å². The molecular formula is C20H27FN2O. The van der Waals surface area contributed by atoms with Crippen molar-refractivity contribution in [1.82, 2.24) is 5.32 Å². The van der Waals surface area contributed by atoms with Crippen molar-refractivity contribution in [1.29, 1.82) is 5.26 Å². The molecule has 1 N–H and O–H groups in total. The molecule has 4 atom stereocenters. The maximum atomic E-state index is 15.2. The number of halogens is 1. The molecule has 0 radical (unpaired) electrons. The molecule has 0 aliphatic heterocycles. The van der Waals surface area contributed by atoms with E-state index in [9.17, 15) is 10.1 Å². The zero-order valence-corrected chi connectivity index (χ0v) is 15.0. The van der Waals surface area contributed by atoms with Crippen LogP contribution >= 0.6 is 0 Å². The predicted octanol–water partition coefficient (Wildman–Crippen LogP) is 4.26. The topological polar surface area (TPSA) is 52.9 Å². The maximum absolute atomic E-state index is 15.2. The van der Waals surface area contributed by atoms with Crippen molar-refractivity contribution in [3.8, 4) is 6.07 Å². The molecule has 0 aromatic heterocycles. The molecule has 130 valence electrons. The lowest BCUT2D eigenvalue weighted by Crippen LogP contribution is -2.51. The van der Waals surface area contributed by atoms with E-state index in [4.69, 9.17) is 0 Å². The standard InChI is InChI=1S/C20H27FN2O/c1-13(2)17-10-7-15(4)11-18(17)23-19(24)20(21,12-22)16-8-5-14(3)6-9-16/h5-6,8-9,13,15,17-18H,7,10-11H2,1-4H3,(H,23,24)/t15-,17+,18-,20+/m0/s1. The number of hydrogen-bond acceptors (Lipinski definition) is 2.